The third-order valence-corrected chi connectivity index (χ3v) is 25.6. The fourth-order valence-corrected chi connectivity index (χ4v) is 18.1. The van der Waals surface area contributed by atoms with Gasteiger partial charge in [-0.2, -0.15) is 13.2 Å². The molecule has 0 saturated carbocycles. The number of sulfone groups is 1. The van der Waals surface area contributed by atoms with Gasteiger partial charge in [-0.15, -0.1) is 23.1 Å². The number of hydrogen-bond acceptors (Lipinski definition) is 17. The smallest absolute Gasteiger partial charge is 0.391 e. The Morgan fingerprint density at radius 2 is 1.47 bits per heavy atom. The number of benzene rings is 5. The molecule has 3 fully saturated rings. The second-order valence-corrected chi connectivity index (χ2v) is 36.0. The van der Waals surface area contributed by atoms with E-state index in [1.54, 1.807) is 33.9 Å². The lowest BCUT2D eigenvalue weighted by molar-refractivity contribution is -0.144. The van der Waals surface area contributed by atoms with Gasteiger partial charge in [-0.1, -0.05) is 113 Å². The highest BCUT2D eigenvalue weighted by Gasteiger charge is 2.49. The molecule has 3 saturated heterocycles. The molecule has 6 aromatic rings. The van der Waals surface area contributed by atoms with E-state index >= 15 is 0 Å². The molecule has 1 aromatic heterocycles. The Kier molecular flexibility index (Phi) is 27.0. The number of rotatable bonds is 28. The van der Waals surface area contributed by atoms with Gasteiger partial charge in [-0.25, -0.2) is 26.5 Å². The van der Waals surface area contributed by atoms with E-state index in [9.17, 15) is 59.1 Å². The average Bonchev–Trinajstić information content (AvgIpc) is 0.931. The summed E-state index contributed by atoms with van der Waals surface area (Å²) in [6.07, 6.45) is 4.95. The number of likely N-dealkylation sites (tertiary alicyclic amines) is 1. The number of anilines is 2. The number of β-amino-alcohol motifs (C(OH)–C–C–N with tert-alkyl or cyclic N) is 1. The average molecular weight is 1560 g/mol. The summed E-state index contributed by atoms with van der Waals surface area (Å²) in [5, 5.41) is 20.4. The number of halogens is 4. The number of aliphatic hydroxyl groups excluding tert-OH is 1. The maximum Gasteiger partial charge on any atom is 0.501 e. The fourth-order valence-electron chi connectivity index (χ4n) is 14.2. The third-order valence-electron chi connectivity index (χ3n) is 20.4. The van der Waals surface area contributed by atoms with Gasteiger partial charge in [0.2, 0.25) is 23.6 Å². The van der Waals surface area contributed by atoms with Crippen LogP contribution in [-0.2, 0) is 39.0 Å². The SMILES string of the molecule is Cc1ncsc1-c1ccc([C@H](C)NC(=O)[C@@H]2C[C@@H](O)CN2C(=O)[C@@H](NC(=O)CCCCCC(=O)N2CCCN(CC[C@H](CSc3ccccc3)Nc3ccc(S(=O)(=O)NC(=O)c4ccc(N5CCN(CC6=C(c7ccc(Cl)cc7)CC(C)(C)CC6)CC5)cc4)cc3S(=O)(=O)C(F)(F)F)CC2)C(C)(C)C)cc1. The molecule has 5 atom stereocenters. The van der Waals surface area contributed by atoms with Crippen molar-refractivity contribution < 1.29 is 59.1 Å². The first-order valence-electron chi connectivity index (χ1n) is 36.3. The molecule has 5 N–H and O–H groups in total. The van der Waals surface area contributed by atoms with Gasteiger partial charge in [0.05, 0.1) is 38.8 Å². The van der Waals surface area contributed by atoms with Crippen molar-refractivity contribution >= 4 is 101 Å². The van der Waals surface area contributed by atoms with Gasteiger partial charge < -0.3 is 40.7 Å². The number of nitrogens with one attached hydrogen (secondary N) is 4. The standard InChI is InChI=1S/C78H98ClF3N10O10S4/c1-52(54-19-21-56(22-20-54)71-53(2)83-51-104-71)84-74(97)67-45-62(93)49-92(67)75(98)72(76(3,4)5)86-69(94)17-12-9-13-18-70(95)91-37-14-36-88(39-44-91)38-34-60(50-103-63-15-10-8-11-16-63)85-66-32-31-64(46-68(66)105(99,100)78(80,81)82)106(101,102)87-73(96)57-25-29-61(30-26-57)90-42-40-89(41-43-90)48-58-33-35-77(6,7)47-65(58)55-23-27-59(79)28-24-55/h8,10-11,15-16,19-32,46,51-52,60,62,67,72,85,93H,9,12-14,17-18,33-45,47-50H2,1-7H3,(H,84,97)(H,86,94)(H,87,96)/t52-,60+,62+,67-,72+/m0/s1. The topological polar surface area (TPSA) is 251 Å². The number of piperazine rings is 1. The number of aromatic nitrogens is 1. The van der Waals surface area contributed by atoms with Crippen LogP contribution >= 0.6 is 34.7 Å². The van der Waals surface area contributed by atoms with Crippen LogP contribution in [-0.4, -0.2) is 184 Å². The van der Waals surface area contributed by atoms with Gasteiger partial charge in [0.15, 0.2) is 0 Å². The Labute approximate surface area is 634 Å². The maximum absolute atomic E-state index is 14.6. The summed E-state index contributed by atoms with van der Waals surface area (Å²) < 4.78 is 101. The van der Waals surface area contributed by atoms with E-state index in [4.69, 9.17) is 11.6 Å². The van der Waals surface area contributed by atoms with E-state index in [-0.39, 0.29) is 54.4 Å². The van der Waals surface area contributed by atoms with E-state index in [0.29, 0.717) is 89.0 Å². The molecule has 0 bridgehead atoms. The Balaban J connectivity index is 0.697. The number of nitrogens with zero attached hydrogens (tertiary/aromatic N) is 6. The first-order valence-corrected chi connectivity index (χ1v) is 41.5. The van der Waals surface area contributed by atoms with E-state index < -0.39 is 94.3 Å². The number of hydrogen-bond donors (Lipinski definition) is 5. The van der Waals surface area contributed by atoms with Crippen molar-refractivity contribution in [2.75, 3.05) is 88.0 Å². The molecule has 1 aliphatic carbocycles. The quantitative estimate of drug-likeness (QED) is 0.0226. The maximum atomic E-state index is 14.6. The van der Waals surface area contributed by atoms with Crippen molar-refractivity contribution in [3.8, 4) is 10.4 Å². The van der Waals surface area contributed by atoms with Gasteiger partial charge in [-0.3, -0.25) is 28.9 Å². The Morgan fingerprint density at radius 3 is 2.14 bits per heavy atom. The van der Waals surface area contributed by atoms with Crippen LogP contribution in [0.2, 0.25) is 5.02 Å². The minimum atomic E-state index is -6.19. The molecule has 572 valence electrons. The number of thiazole rings is 1. The number of carbonyl (C=O) groups is 5. The Morgan fingerprint density at radius 1 is 0.792 bits per heavy atom. The number of carbonyl (C=O) groups excluding carboxylic acids is 5. The summed E-state index contributed by atoms with van der Waals surface area (Å²) in [5.74, 6) is -2.09. The third kappa shape index (κ3) is 21.3. The first-order chi connectivity index (χ1) is 50.2. The van der Waals surface area contributed by atoms with Gasteiger partial charge in [0, 0.05) is 118 Å². The number of allylic oxidation sites excluding steroid dienone is 1. The predicted molar refractivity (Wildman–Crippen MR) is 412 cm³/mol. The molecule has 20 nitrogen and oxygen atoms in total. The molecule has 4 aliphatic rings. The zero-order valence-corrected chi connectivity index (χ0v) is 65.2. The molecule has 5 aromatic carbocycles. The van der Waals surface area contributed by atoms with Crippen LogP contribution in [0.4, 0.5) is 24.5 Å². The minimum Gasteiger partial charge on any atom is -0.391 e. The molecular formula is C78H98ClF3N10O10S4. The normalized spacial score (nSPS) is 18.7. The van der Waals surface area contributed by atoms with E-state index in [2.05, 4.69) is 61.6 Å². The Bertz CT molecular complexity index is 4330. The highest BCUT2D eigenvalue weighted by molar-refractivity contribution is 7.99. The fraction of sp³-hybridized carbons (Fsp3) is 0.487. The summed E-state index contributed by atoms with van der Waals surface area (Å²) in [7, 11) is -11.1. The van der Waals surface area contributed by atoms with Crippen molar-refractivity contribution in [2.45, 2.75) is 170 Å². The minimum absolute atomic E-state index is 0.0412. The zero-order valence-electron chi connectivity index (χ0n) is 61.2. The molecule has 5 amide bonds. The molecule has 28 heteroatoms. The lowest BCUT2D eigenvalue weighted by Crippen LogP contribution is -2.57. The van der Waals surface area contributed by atoms with Crippen molar-refractivity contribution in [3.63, 3.8) is 0 Å². The number of aryl methyl sites for hydroxylation is 1. The molecular weight excluding hydrogens is 1460 g/mol. The number of unbranched alkanes of at least 4 members (excludes halogenated alkanes) is 2. The molecule has 4 heterocycles. The number of alkyl halides is 3. The summed E-state index contributed by atoms with van der Waals surface area (Å²) in [6, 6.07) is 30.8. The van der Waals surface area contributed by atoms with Crippen LogP contribution in [0.15, 0.2) is 147 Å². The molecule has 10 rings (SSSR count). The van der Waals surface area contributed by atoms with E-state index in [1.807, 2.05) is 106 Å². The summed E-state index contributed by atoms with van der Waals surface area (Å²) in [5.41, 5.74) is 2.51. The number of sulfonamides is 1. The lowest BCUT2D eigenvalue weighted by Gasteiger charge is -2.39. The van der Waals surface area contributed by atoms with Crippen LogP contribution in [0.25, 0.3) is 16.0 Å². The van der Waals surface area contributed by atoms with Crippen molar-refractivity contribution in [1.82, 2.24) is 39.9 Å². The summed E-state index contributed by atoms with van der Waals surface area (Å²) in [4.78, 5) is 82.9. The Hall–Kier alpha value is -7.37. The number of thioether (sulfide) groups is 1. The number of amides is 5. The lowest BCUT2D eigenvalue weighted by atomic mass is 9.72. The van der Waals surface area contributed by atoms with Crippen LogP contribution in [0.1, 0.15) is 145 Å². The van der Waals surface area contributed by atoms with Gasteiger partial charge >= 0.3 is 5.51 Å². The molecule has 0 radical (unpaired) electrons. The zero-order chi connectivity index (χ0) is 76.3. The molecule has 0 unspecified atom stereocenters. The highest BCUT2D eigenvalue weighted by atomic mass is 35.5. The highest BCUT2D eigenvalue weighted by Crippen LogP contribution is 2.44. The molecule has 3 aliphatic heterocycles. The van der Waals surface area contributed by atoms with Crippen LogP contribution < -0.4 is 25.6 Å². The van der Waals surface area contributed by atoms with Crippen LogP contribution in [0.3, 0.4) is 0 Å². The van der Waals surface area contributed by atoms with Crippen molar-refractivity contribution in [1.29, 1.82) is 0 Å². The van der Waals surface area contributed by atoms with E-state index in [1.165, 1.54) is 45.5 Å². The largest absolute Gasteiger partial charge is 0.501 e. The monoisotopic (exact) mass is 1550 g/mol. The van der Waals surface area contributed by atoms with Gasteiger partial charge in [0.1, 0.15) is 17.0 Å². The van der Waals surface area contributed by atoms with Crippen molar-refractivity contribution in [2.24, 2.45) is 10.8 Å². The van der Waals surface area contributed by atoms with E-state index in [0.717, 1.165) is 83.3 Å². The van der Waals surface area contributed by atoms with Crippen LogP contribution in [0, 0.1) is 17.8 Å². The first kappa shape index (κ1) is 81.2. The molecule has 106 heavy (non-hydrogen) atoms. The van der Waals surface area contributed by atoms with Gasteiger partial charge in [-0.05, 0) is 165 Å². The summed E-state index contributed by atoms with van der Waals surface area (Å²) >= 11 is 9.18. The molecule has 0 spiro atoms. The van der Waals surface area contributed by atoms with Crippen LogP contribution in [0.5, 0.6) is 0 Å². The summed E-state index contributed by atoms with van der Waals surface area (Å²) in [6.45, 7) is 20.0. The predicted octanol–water partition coefficient (Wildman–Crippen LogP) is 12.8. The number of aliphatic hydroxyl groups is 1. The second-order valence-electron chi connectivity index (χ2n) is 30.1. The van der Waals surface area contributed by atoms with Gasteiger partial charge in [0.25, 0.3) is 25.8 Å². The second kappa shape index (κ2) is 35.3. The van der Waals surface area contributed by atoms with Crippen molar-refractivity contribution in [3.05, 3.63) is 160 Å².